The van der Waals surface area contributed by atoms with Crippen molar-refractivity contribution in [2.24, 2.45) is 0 Å². The number of carbonyl (C=O) groups excluding carboxylic acids is 1. The molecule has 4 aromatic rings. The van der Waals surface area contributed by atoms with Crippen LogP contribution in [0.5, 0.6) is 0 Å². The minimum Gasteiger partial charge on any atom is -0.467 e. The molecule has 1 amide bonds. The molecule has 1 atom stereocenters. The molecule has 0 spiro atoms. The summed E-state index contributed by atoms with van der Waals surface area (Å²) in [6.07, 6.45) is 3.06. The molecule has 0 N–H and O–H groups in total. The number of amides is 1. The number of furan rings is 2. The van der Waals surface area contributed by atoms with Crippen LogP contribution < -0.4 is 5.43 Å². The number of rotatable bonds is 3. The summed E-state index contributed by atoms with van der Waals surface area (Å²) < 4.78 is 17.5. The van der Waals surface area contributed by atoms with E-state index < -0.39 is 6.04 Å². The summed E-state index contributed by atoms with van der Waals surface area (Å²) in [4.78, 5) is 27.9. The largest absolute Gasteiger partial charge is 0.467 e. The van der Waals surface area contributed by atoms with Crippen LogP contribution in [0.4, 0.5) is 0 Å². The second kappa shape index (κ2) is 5.99. The van der Waals surface area contributed by atoms with E-state index in [1.807, 2.05) is 0 Å². The first kappa shape index (κ1) is 16.1. The maximum atomic E-state index is 13.2. The Bertz CT molecular complexity index is 1210. The fourth-order valence-electron chi connectivity index (χ4n) is 3.47. The van der Waals surface area contributed by atoms with Crippen molar-refractivity contribution in [2.45, 2.75) is 12.6 Å². The molecular formula is C20H12BrNO5. The highest BCUT2D eigenvalue weighted by atomic mass is 79.9. The zero-order valence-corrected chi connectivity index (χ0v) is 15.4. The lowest BCUT2D eigenvalue weighted by Crippen LogP contribution is -2.28. The lowest BCUT2D eigenvalue weighted by atomic mass is 10.0. The van der Waals surface area contributed by atoms with Gasteiger partial charge in [0.2, 0.25) is 5.76 Å². The monoisotopic (exact) mass is 425 g/mol. The average molecular weight is 426 g/mol. The van der Waals surface area contributed by atoms with Crippen molar-refractivity contribution in [3.63, 3.8) is 0 Å². The van der Waals surface area contributed by atoms with Crippen molar-refractivity contribution in [1.82, 2.24) is 4.90 Å². The molecule has 0 radical (unpaired) electrons. The Kier molecular flexibility index (Phi) is 3.58. The van der Waals surface area contributed by atoms with E-state index in [1.54, 1.807) is 48.7 Å². The molecule has 1 aliphatic rings. The summed E-state index contributed by atoms with van der Waals surface area (Å²) in [5.41, 5.74) is 0.407. The second-order valence-electron chi connectivity index (χ2n) is 6.24. The van der Waals surface area contributed by atoms with Crippen LogP contribution in [0.15, 0.2) is 77.5 Å². The van der Waals surface area contributed by atoms with Gasteiger partial charge >= 0.3 is 0 Å². The minimum absolute atomic E-state index is 0.0442. The van der Waals surface area contributed by atoms with Crippen molar-refractivity contribution >= 4 is 32.8 Å². The van der Waals surface area contributed by atoms with E-state index in [0.29, 0.717) is 22.5 Å². The van der Waals surface area contributed by atoms with Gasteiger partial charge in [0.15, 0.2) is 5.43 Å². The zero-order chi connectivity index (χ0) is 18.5. The normalized spacial score (nSPS) is 16.3. The molecule has 7 heteroatoms. The fraction of sp³-hybridized carbons (Fsp3) is 0.100. The van der Waals surface area contributed by atoms with Crippen molar-refractivity contribution < 1.29 is 18.0 Å². The van der Waals surface area contributed by atoms with Crippen molar-refractivity contribution in [2.75, 3.05) is 0 Å². The summed E-state index contributed by atoms with van der Waals surface area (Å²) in [6.45, 7) is 0.195. The van der Waals surface area contributed by atoms with Crippen molar-refractivity contribution in [3.8, 4) is 0 Å². The van der Waals surface area contributed by atoms with E-state index in [-0.39, 0.29) is 29.2 Å². The van der Waals surface area contributed by atoms with E-state index in [9.17, 15) is 9.59 Å². The molecule has 0 saturated heterocycles. The molecule has 0 aliphatic carbocycles. The number of benzene rings is 1. The number of halogens is 1. The van der Waals surface area contributed by atoms with Gasteiger partial charge in [0.05, 0.1) is 30.0 Å². The van der Waals surface area contributed by atoms with Gasteiger partial charge in [0.25, 0.3) is 5.91 Å². The van der Waals surface area contributed by atoms with Crippen LogP contribution in [0.3, 0.4) is 0 Å². The first-order chi connectivity index (χ1) is 13.1. The molecule has 134 valence electrons. The van der Waals surface area contributed by atoms with Crippen LogP contribution in [-0.2, 0) is 6.54 Å². The summed E-state index contributed by atoms with van der Waals surface area (Å²) >= 11 is 3.38. The third-order valence-corrected chi connectivity index (χ3v) is 5.14. The average Bonchev–Trinajstić information content (AvgIpc) is 3.40. The molecule has 3 aromatic heterocycles. The quantitative estimate of drug-likeness (QED) is 0.483. The standard InChI is InChI=1S/C20H12BrNO5/c21-11-5-6-14-13(9-11)18(23)16-17(15-4-2-8-26-15)22(20(24)19(16)27-14)10-12-3-1-7-25-12/h1-9,17H,10H2. The van der Waals surface area contributed by atoms with Gasteiger partial charge in [-0.15, -0.1) is 0 Å². The highest BCUT2D eigenvalue weighted by Gasteiger charge is 2.44. The van der Waals surface area contributed by atoms with Gasteiger partial charge < -0.3 is 18.2 Å². The zero-order valence-electron chi connectivity index (χ0n) is 13.8. The molecule has 4 heterocycles. The van der Waals surface area contributed by atoms with E-state index in [0.717, 1.165) is 4.47 Å². The lowest BCUT2D eigenvalue weighted by Gasteiger charge is -2.21. The summed E-state index contributed by atoms with van der Waals surface area (Å²) in [5, 5.41) is 0.410. The van der Waals surface area contributed by atoms with Gasteiger partial charge in [0, 0.05) is 4.47 Å². The highest BCUT2D eigenvalue weighted by molar-refractivity contribution is 9.10. The van der Waals surface area contributed by atoms with Crippen molar-refractivity contribution in [1.29, 1.82) is 0 Å². The number of hydrogen-bond donors (Lipinski definition) is 0. The topological polar surface area (TPSA) is 76.8 Å². The molecule has 6 nitrogen and oxygen atoms in total. The first-order valence-corrected chi connectivity index (χ1v) is 9.06. The third-order valence-electron chi connectivity index (χ3n) is 4.65. The number of nitrogens with zero attached hydrogens (tertiary/aromatic N) is 1. The van der Waals surface area contributed by atoms with Gasteiger partial charge in [-0.1, -0.05) is 15.9 Å². The third kappa shape index (κ3) is 2.46. The van der Waals surface area contributed by atoms with Gasteiger partial charge in [-0.3, -0.25) is 9.59 Å². The van der Waals surface area contributed by atoms with Crippen LogP contribution >= 0.6 is 15.9 Å². The Morgan fingerprint density at radius 3 is 2.59 bits per heavy atom. The summed E-state index contributed by atoms with van der Waals surface area (Å²) in [6, 6.07) is 11.5. The van der Waals surface area contributed by atoms with Crippen LogP contribution in [0.2, 0.25) is 0 Å². The van der Waals surface area contributed by atoms with Crippen molar-refractivity contribution in [3.05, 3.63) is 92.5 Å². The molecule has 1 unspecified atom stereocenters. The molecule has 1 aliphatic heterocycles. The van der Waals surface area contributed by atoms with Gasteiger partial charge in [-0.2, -0.15) is 0 Å². The maximum Gasteiger partial charge on any atom is 0.291 e. The predicted molar refractivity (Wildman–Crippen MR) is 99.3 cm³/mol. The van der Waals surface area contributed by atoms with Crippen LogP contribution in [0.1, 0.15) is 33.7 Å². The fourth-order valence-corrected chi connectivity index (χ4v) is 3.83. The van der Waals surface area contributed by atoms with E-state index >= 15 is 0 Å². The van der Waals surface area contributed by atoms with Crippen LogP contribution in [0, 0.1) is 0 Å². The summed E-state index contributed by atoms with van der Waals surface area (Å²) in [5.74, 6) is 0.773. The first-order valence-electron chi connectivity index (χ1n) is 8.26. The van der Waals surface area contributed by atoms with Gasteiger partial charge in [-0.05, 0) is 42.5 Å². The number of carbonyl (C=O) groups is 1. The van der Waals surface area contributed by atoms with Gasteiger partial charge in [0.1, 0.15) is 23.1 Å². The Morgan fingerprint density at radius 1 is 1.04 bits per heavy atom. The van der Waals surface area contributed by atoms with E-state index in [4.69, 9.17) is 13.3 Å². The molecule has 1 aromatic carbocycles. The Morgan fingerprint density at radius 2 is 1.85 bits per heavy atom. The molecule has 5 rings (SSSR count). The van der Waals surface area contributed by atoms with E-state index in [1.165, 1.54) is 11.2 Å². The summed E-state index contributed by atoms with van der Waals surface area (Å²) in [7, 11) is 0. The molecule has 0 fully saturated rings. The number of fused-ring (bicyclic) bond motifs is 2. The lowest BCUT2D eigenvalue weighted by molar-refractivity contribution is 0.0686. The SMILES string of the molecule is O=C1c2oc3ccc(Br)cc3c(=O)c2C(c2ccco2)N1Cc1ccco1. The minimum atomic E-state index is -0.674. The molecule has 27 heavy (non-hydrogen) atoms. The molecule has 0 bridgehead atoms. The van der Waals surface area contributed by atoms with Crippen LogP contribution in [-0.4, -0.2) is 10.8 Å². The molecular weight excluding hydrogens is 414 g/mol. The Hall–Kier alpha value is -3.06. The Balaban J connectivity index is 1.75. The highest BCUT2D eigenvalue weighted by Crippen LogP contribution is 2.39. The smallest absolute Gasteiger partial charge is 0.291 e. The predicted octanol–water partition coefficient (Wildman–Crippen LogP) is 4.49. The Labute approximate surface area is 161 Å². The second-order valence-corrected chi connectivity index (χ2v) is 7.16. The number of hydrogen-bond acceptors (Lipinski definition) is 5. The van der Waals surface area contributed by atoms with E-state index in [2.05, 4.69) is 15.9 Å². The molecule has 0 saturated carbocycles. The maximum absolute atomic E-state index is 13.2. The van der Waals surface area contributed by atoms with Gasteiger partial charge in [-0.25, -0.2) is 0 Å². The van der Waals surface area contributed by atoms with Crippen LogP contribution in [0.25, 0.3) is 11.0 Å².